The molecule has 0 saturated heterocycles. The molecule has 2 heteroatoms. The van der Waals surface area contributed by atoms with Crippen LogP contribution >= 0.6 is 0 Å². The van der Waals surface area contributed by atoms with Crippen molar-refractivity contribution in [1.82, 2.24) is 0 Å². The number of hydrogen-bond donors (Lipinski definition) is 0. The van der Waals surface area contributed by atoms with Crippen LogP contribution in [-0.2, 0) is 6.42 Å². The van der Waals surface area contributed by atoms with Gasteiger partial charge in [-0.15, -0.1) is 0 Å². The second-order valence-corrected chi connectivity index (χ2v) is 10.5. The van der Waals surface area contributed by atoms with E-state index in [-0.39, 0.29) is 5.82 Å². The molecule has 0 aliphatic heterocycles. The molecule has 1 atom stereocenters. The first-order valence-electron chi connectivity index (χ1n) is 13.8. The molecule has 1 nitrogen and oxygen atoms in total. The molecule has 2 aliphatic carbocycles. The SMILES string of the molecule is CCCCCCOc1ccc(CCC2=CCC(C3CCC(CCCC)CC3)CC2)cc1F. The first-order chi connectivity index (χ1) is 15.7. The molecule has 1 aromatic rings. The molecule has 0 N–H and O–H groups in total. The molecule has 2 aliphatic rings. The first-order valence-corrected chi connectivity index (χ1v) is 13.8. The maximum absolute atomic E-state index is 14.4. The van der Waals surface area contributed by atoms with Gasteiger partial charge in [0.05, 0.1) is 6.61 Å². The van der Waals surface area contributed by atoms with Crippen molar-refractivity contribution in [1.29, 1.82) is 0 Å². The van der Waals surface area contributed by atoms with E-state index in [1.165, 1.54) is 77.0 Å². The van der Waals surface area contributed by atoms with E-state index in [1.807, 2.05) is 12.1 Å². The van der Waals surface area contributed by atoms with Crippen LogP contribution in [0.15, 0.2) is 29.8 Å². The number of halogens is 1. The summed E-state index contributed by atoms with van der Waals surface area (Å²) in [6, 6.07) is 5.56. The number of unbranched alkanes of at least 4 members (excludes halogenated alkanes) is 4. The minimum absolute atomic E-state index is 0.204. The Labute approximate surface area is 197 Å². The molecule has 0 spiro atoms. The maximum Gasteiger partial charge on any atom is 0.165 e. The second-order valence-electron chi connectivity index (χ2n) is 10.5. The zero-order chi connectivity index (χ0) is 22.6. The lowest BCUT2D eigenvalue weighted by Gasteiger charge is -2.35. The van der Waals surface area contributed by atoms with Crippen LogP contribution in [0.3, 0.4) is 0 Å². The highest BCUT2D eigenvalue weighted by Gasteiger charge is 2.28. The van der Waals surface area contributed by atoms with Gasteiger partial charge in [-0.3, -0.25) is 0 Å². The highest BCUT2D eigenvalue weighted by Crippen LogP contribution is 2.41. The number of aryl methyl sites for hydroxylation is 1. The largest absolute Gasteiger partial charge is 0.491 e. The smallest absolute Gasteiger partial charge is 0.165 e. The topological polar surface area (TPSA) is 9.23 Å². The molecule has 1 unspecified atom stereocenters. The molecular formula is C30H47FO. The Hall–Kier alpha value is -1.31. The molecular weight excluding hydrogens is 395 g/mol. The predicted molar refractivity (Wildman–Crippen MR) is 135 cm³/mol. The summed E-state index contributed by atoms with van der Waals surface area (Å²) >= 11 is 0. The molecule has 0 radical (unpaired) electrons. The van der Waals surface area contributed by atoms with Gasteiger partial charge in [-0.1, -0.05) is 82.9 Å². The zero-order valence-electron chi connectivity index (χ0n) is 20.8. The third-order valence-electron chi connectivity index (χ3n) is 8.06. The van der Waals surface area contributed by atoms with Crippen LogP contribution < -0.4 is 4.74 Å². The van der Waals surface area contributed by atoms with Crippen molar-refractivity contribution in [3.8, 4) is 5.75 Å². The lowest BCUT2D eigenvalue weighted by atomic mass is 9.70. The van der Waals surface area contributed by atoms with Crippen molar-refractivity contribution in [2.24, 2.45) is 17.8 Å². The fourth-order valence-electron chi connectivity index (χ4n) is 5.84. The Morgan fingerprint density at radius 2 is 1.69 bits per heavy atom. The molecule has 0 heterocycles. The van der Waals surface area contributed by atoms with Crippen LogP contribution in [0.4, 0.5) is 4.39 Å². The van der Waals surface area contributed by atoms with Gasteiger partial charge in [0.1, 0.15) is 0 Å². The molecule has 1 saturated carbocycles. The number of ether oxygens (including phenoxy) is 1. The summed E-state index contributed by atoms with van der Waals surface area (Å²) in [5.41, 5.74) is 2.68. The monoisotopic (exact) mass is 442 g/mol. The third kappa shape index (κ3) is 8.23. The lowest BCUT2D eigenvalue weighted by Crippen LogP contribution is -2.23. The van der Waals surface area contributed by atoms with Crippen LogP contribution in [0.2, 0.25) is 0 Å². The Bertz CT molecular complexity index is 686. The standard InChI is InChI=1S/C30H47FO/c1-3-5-7-8-22-32-30-21-16-26(23-29(30)31)11-10-25-14-19-28(20-15-25)27-17-12-24(13-18-27)9-6-4-2/h14,16,21,23-24,27-28H,3-13,15,17-20,22H2,1-2H3. The van der Waals surface area contributed by atoms with Gasteiger partial charge in [-0.25, -0.2) is 4.39 Å². The summed E-state index contributed by atoms with van der Waals surface area (Å²) in [6.07, 6.45) is 23.1. The summed E-state index contributed by atoms with van der Waals surface area (Å²) in [7, 11) is 0. The van der Waals surface area contributed by atoms with E-state index in [9.17, 15) is 4.39 Å². The van der Waals surface area contributed by atoms with Crippen LogP contribution in [0.25, 0.3) is 0 Å². The third-order valence-corrected chi connectivity index (χ3v) is 8.06. The molecule has 1 aromatic carbocycles. The molecule has 3 rings (SSSR count). The summed E-state index contributed by atoms with van der Waals surface area (Å²) in [5.74, 6) is 3.10. The molecule has 0 aromatic heterocycles. The van der Waals surface area contributed by atoms with Crippen molar-refractivity contribution < 1.29 is 9.13 Å². The quantitative estimate of drug-likeness (QED) is 0.218. The van der Waals surface area contributed by atoms with E-state index in [4.69, 9.17) is 4.74 Å². The van der Waals surface area contributed by atoms with Gasteiger partial charge in [0.2, 0.25) is 0 Å². The summed E-state index contributed by atoms with van der Waals surface area (Å²) in [4.78, 5) is 0. The maximum atomic E-state index is 14.4. The predicted octanol–water partition coefficient (Wildman–Crippen LogP) is 9.44. The van der Waals surface area contributed by atoms with Crippen molar-refractivity contribution in [2.75, 3.05) is 6.61 Å². The minimum atomic E-state index is -0.204. The fourth-order valence-corrected chi connectivity index (χ4v) is 5.84. The normalized spacial score (nSPS) is 23.7. The summed E-state index contributed by atoms with van der Waals surface area (Å²) in [6.45, 7) is 5.12. The summed E-state index contributed by atoms with van der Waals surface area (Å²) < 4.78 is 20.0. The van der Waals surface area contributed by atoms with Gasteiger partial charge >= 0.3 is 0 Å². The molecule has 0 amide bonds. The highest BCUT2D eigenvalue weighted by atomic mass is 19.1. The van der Waals surface area contributed by atoms with Crippen LogP contribution in [-0.4, -0.2) is 6.61 Å². The summed E-state index contributed by atoms with van der Waals surface area (Å²) in [5, 5.41) is 0. The Kier molecular flexibility index (Phi) is 11.1. The average molecular weight is 443 g/mol. The molecule has 32 heavy (non-hydrogen) atoms. The van der Waals surface area contributed by atoms with E-state index < -0.39 is 0 Å². The van der Waals surface area contributed by atoms with Gasteiger partial charge in [-0.2, -0.15) is 0 Å². The van der Waals surface area contributed by atoms with E-state index in [0.717, 1.165) is 49.0 Å². The minimum Gasteiger partial charge on any atom is -0.491 e. The van der Waals surface area contributed by atoms with Gasteiger partial charge in [0.15, 0.2) is 11.6 Å². The van der Waals surface area contributed by atoms with E-state index in [2.05, 4.69) is 19.9 Å². The van der Waals surface area contributed by atoms with E-state index in [0.29, 0.717) is 12.4 Å². The second kappa shape index (κ2) is 14.1. The van der Waals surface area contributed by atoms with Gasteiger partial charge in [-0.05, 0) is 86.8 Å². The zero-order valence-corrected chi connectivity index (χ0v) is 20.8. The highest BCUT2D eigenvalue weighted by molar-refractivity contribution is 5.30. The van der Waals surface area contributed by atoms with Crippen molar-refractivity contribution in [3.05, 3.63) is 41.2 Å². The van der Waals surface area contributed by atoms with Crippen LogP contribution in [0, 0.1) is 23.6 Å². The van der Waals surface area contributed by atoms with Crippen LogP contribution in [0.5, 0.6) is 5.75 Å². The molecule has 1 fully saturated rings. The van der Waals surface area contributed by atoms with E-state index in [1.54, 1.807) is 11.6 Å². The number of benzene rings is 1. The molecule has 0 bridgehead atoms. The van der Waals surface area contributed by atoms with Crippen molar-refractivity contribution >= 4 is 0 Å². The number of allylic oxidation sites excluding steroid dienone is 2. The van der Waals surface area contributed by atoms with Crippen molar-refractivity contribution in [3.63, 3.8) is 0 Å². The van der Waals surface area contributed by atoms with Crippen molar-refractivity contribution in [2.45, 2.75) is 117 Å². The van der Waals surface area contributed by atoms with Crippen LogP contribution in [0.1, 0.15) is 116 Å². The van der Waals surface area contributed by atoms with Gasteiger partial charge < -0.3 is 4.74 Å². The van der Waals surface area contributed by atoms with E-state index >= 15 is 0 Å². The molecule has 180 valence electrons. The Morgan fingerprint density at radius 1 is 0.875 bits per heavy atom. The number of rotatable bonds is 13. The fraction of sp³-hybridized carbons (Fsp3) is 0.733. The van der Waals surface area contributed by atoms with Gasteiger partial charge in [0.25, 0.3) is 0 Å². The lowest BCUT2D eigenvalue weighted by molar-refractivity contribution is 0.185. The average Bonchev–Trinajstić information content (AvgIpc) is 2.83. The Morgan fingerprint density at radius 3 is 2.38 bits per heavy atom. The number of hydrogen-bond acceptors (Lipinski definition) is 1. The Balaban J connectivity index is 1.37. The first kappa shape index (κ1) is 25.3. The van der Waals surface area contributed by atoms with Gasteiger partial charge in [0, 0.05) is 0 Å².